The zero-order valence-electron chi connectivity index (χ0n) is 8.43. The third-order valence-corrected chi connectivity index (χ3v) is 2.73. The largest absolute Gasteiger partial charge is 0.478 e. The molecule has 0 unspecified atom stereocenters. The highest BCUT2D eigenvalue weighted by molar-refractivity contribution is 5.90. The van der Waals surface area contributed by atoms with Gasteiger partial charge < -0.3 is 9.84 Å². The van der Waals surface area contributed by atoms with Crippen molar-refractivity contribution in [3.63, 3.8) is 0 Å². The lowest BCUT2D eigenvalue weighted by atomic mass is 10.00. The van der Waals surface area contributed by atoms with E-state index in [0.717, 1.165) is 17.0 Å². The van der Waals surface area contributed by atoms with Gasteiger partial charge in [0.05, 0.1) is 5.57 Å². The van der Waals surface area contributed by atoms with Gasteiger partial charge in [-0.25, -0.2) is 4.79 Å². The average molecular weight is 218 g/mol. The number of hydrogen-bond donors (Lipinski definition) is 2. The van der Waals surface area contributed by atoms with E-state index in [1.54, 1.807) is 11.2 Å². The zero-order chi connectivity index (χ0) is 11.1. The Labute approximate surface area is 91.9 Å². The van der Waals surface area contributed by atoms with Crippen molar-refractivity contribution in [2.45, 2.75) is 6.42 Å². The normalized spacial score (nSPS) is 17.2. The molecule has 3 rings (SSSR count). The van der Waals surface area contributed by atoms with E-state index in [-0.39, 0.29) is 0 Å². The minimum atomic E-state index is -0.885. The molecule has 5 heteroatoms. The van der Waals surface area contributed by atoms with E-state index in [4.69, 9.17) is 9.84 Å². The SMILES string of the molecule is O=C(O)C1=CN2NCOc3cccc(c32)C1. The third-order valence-electron chi connectivity index (χ3n) is 2.73. The van der Waals surface area contributed by atoms with Crippen LogP contribution in [-0.2, 0) is 11.2 Å². The molecule has 1 aromatic carbocycles. The van der Waals surface area contributed by atoms with Gasteiger partial charge in [-0.15, -0.1) is 0 Å². The lowest BCUT2D eigenvalue weighted by Gasteiger charge is -2.34. The van der Waals surface area contributed by atoms with Crippen molar-refractivity contribution in [2.75, 3.05) is 11.7 Å². The first-order valence-electron chi connectivity index (χ1n) is 4.97. The molecule has 2 N–H and O–H groups in total. The Morgan fingerprint density at radius 1 is 1.50 bits per heavy atom. The highest BCUT2D eigenvalue weighted by atomic mass is 16.5. The van der Waals surface area contributed by atoms with Gasteiger partial charge in [-0.1, -0.05) is 12.1 Å². The number of rotatable bonds is 1. The van der Waals surface area contributed by atoms with Crippen LogP contribution in [0.1, 0.15) is 5.56 Å². The van der Waals surface area contributed by atoms with Gasteiger partial charge in [0, 0.05) is 12.6 Å². The third kappa shape index (κ3) is 1.25. The van der Waals surface area contributed by atoms with Gasteiger partial charge in [0.2, 0.25) is 0 Å². The van der Waals surface area contributed by atoms with Crippen LogP contribution in [0.15, 0.2) is 30.0 Å². The molecule has 2 aliphatic heterocycles. The van der Waals surface area contributed by atoms with Gasteiger partial charge in [-0.2, -0.15) is 5.43 Å². The molecule has 82 valence electrons. The number of nitrogens with one attached hydrogen (secondary N) is 1. The summed E-state index contributed by atoms with van der Waals surface area (Å²) >= 11 is 0. The van der Waals surface area contributed by atoms with Crippen LogP contribution in [0.2, 0.25) is 0 Å². The summed E-state index contributed by atoms with van der Waals surface area (Å²) in [6.45, 7) is 0.347. The van der Waals surface area contributed by atoms with Crippen molar-refractivity contribution >= 4 is 11.7 Å². The number of ether oxygens (including phenoxy) is 1. The number of hydrazine groups is 1. The molecule has 0 atom stereocenters. The van der Waals surface area contributed by atoms with Gasteiger partial charge in [0.15, 0.2) is 6.73 Å². The maximum Gasteiger partial charge on any atom is 0.333 e. The number of carbonyl (C=O) groups is 1. The quantitative estimate of drug-likeness (QED) is 0.732. The van der Waals surface area contributed by atoms with Crippen LogP contribution in [0.5, 0.6) is 5.75 Å². The van der Waals surface area contributed by atoms with Crippen molar-refractivity contribution in [2.24, 2.45) is 0 Å². The van der Waals surface area contributed by atoms with Crippen LogP contribution in [0.25, 0.3) is 0 Å². The molecule has 0 spiro atoms. The molecule has 0 saturated heterocycles. The number of carboxylic acid groups (broad SMARTS) is 1. The van der Waals surface area contributed by atoms with E-state index in [0.29, 0.717) is 18.7 Å². The van der Waals surface area contributed by atoms with Crippen LogP contribution >= 0.6 is 0 Å². The summed E-state index contributed by atoms with van der Waals surface area (Å²) in [4.78, 5) is 11.0. The smallest absolute Gasteiger partial charge is 0.333 e. The van der Waals surface area contributed by atoms with Crippen molar-refractivity contribution in [1.29, 1.82) is 0 Å². The lowest BCUT2D eigenvalue weighted by molar-refractivity contribution is -0.132. The lowest BCUT2D eigenvalue weighted by Crippen LogP contribution is -2.43. The number of para-hydroxylation sites is 1. The molecule has 0 amide bonds. The standard InChI is InChI=1S/C11H10N2O3/c14-11(15)8-4-7-2-1-3-9-10(7)13(5-8)12-6-16-9/h1-3,5,12H,4,6H2,(H,14,15). The summed E-state index contributed by atoms with van der Waals surface area (Å²) in [6, 6.07) is 5.67. The van der Waals surface area contributed by atoms with E-state index in [9.17, 15) is 4.79 Å². The second-order valence-corrected chi connectivity index (χ2v) is 3.72. The second-order valence-electron chi connectivity index (χ2n) is 3.72. The van der Waals surface area contributed by atoms with E-state index in [1.165, 1.54) is 0 Å². The molecule has 0 saturated carbocycles. The molecule has 5 nitrogen and oxygen atoms in total. The summed E-state index contributed by atoms with van der Waals surface area (Å²) in [6.07, 6.45) is 2.04. The minimum absolute atomic E-state index is 0.347. The number of aliphatic carboxylic acids is 1. The average Bonchev–Trinajstić information content (AvgIpc) is 2.29. The van der Waals surface area contributed by atoms with Gasteiger partial charge in [-0.3, -0.25) is 5.01 Å². The predicted octanol–water partition coefficient (Wildman–Crippen LogP) is 0.872. The van der Waals surface area contributed by atoms with Crippen molar-refractivity contribution in [3.8, 4) is 5.75 Å². The van der Waals surface area contributed by atoms with E-state index < -0.39 is 5.97 Å². The van der Waals surface area contributed by atoms with Gasteiger partial charge >= 0.3 is 5.97 Å². The summed E-state index contributed by atoms with van der Waals surface area (Å²) in [7, 11) is 0. The fourth-order valence-corrected chi connectivity index (χ4v) is 2.01. The molecular weight excluding hydrogens is 208 g/mol. The second kappa shape index (κ2) is 3.24. The number of hydrogen-bond acceptors (Lipinski definition) is 4. The molecule has 16 heavy (non-hydrogen) atoms. The van der Waals surface area contributed by atoms with Crippen LogP contribution in [0.3, 0.4) is 0 Å². The van der Waals surface area contributed by atoms with E-state index in [1.807, 2.05) is 18.2 Å². The highest BCUT2D eigenvalue weighted by Crippen LogP contribution is 2.37. The Morgan fingerprint density at radius 3 is 3.19 bits per heavy atom. The zero-order valence-corrected chi connectivity index (χ0v) is 8.43. The predicted molar refractivity (Wildman–Crippen MR) is 57.0 cm³/mol. The van der Waals surface area contributed by atoms with Crippen LogP contribution in [0.4, 0.5) is 5.69 Å². The Bertz CT molecular complexity index is 496. The van der Waals surface area contributed by atoms with Crippen LogP contribution in [0, 0.1) is 0 Å². The van der Waals surface area contributed by atoms with E-state index in [2.05, 4.69) is 5.43 Å². The molecular formula is C11H10N2O3. The number of anilines is 1. The van der Waals surface area contributed by atoms with Crippen molar-refractivity contribution < 1.29 is 14.6 Å². The molecule has 0 radical (unpaired) electrons. The Kier molecular flexibility index (Phi) is 1.87. The topological polar surface area (TPSA) is 61.8 Å². The fourth-order valence-electron chi connectivity index (χ4n) is 2.01. The monoisotopic (exact) mass is 218 g/mol. The molecule has 0 fully saturated rings. The highest BCUT2D eigenvalue weighted by Gasteiger charge is 2.26. The first-order chi connectivity index (χ1) is 7.75. The number of carboxylic acids is 1. The van der Waals surface area contributed by atoms with Gasteiger partial charge in [0.25, 0.3) is 0 Å². The Morgan fingerprint density at radius 2 is 2.38 bits per heavy atom. The van der Waals surface area contributed by atoms with Crippen LogP contribution in [-0.4, -0.2) is 17.8 Å². The maximum atomic E-state index is 11.0. The maximum absolute atomic E-state index is 11.0. The summed E-state index contributed by atoms with van der Waals surface area (Å²) in [5, 5.41) is 10.7. The van der Waals surface area contributed by atoms with Gasteiger partial charge in [-0.05, 0) is 11.6 Å². The summed E-state index contributed by atoms with van der Waals surface area (Å²) < 4.78 is 5.44. The summed E-state index contributed by atoms with van der Waals surface area (Å²) in [5.41, 5.74) is 5.23. The minimum Gasteiger partial charge on any atom is -0.478 e. The number of benzene rings is 1. The van der Waals surface area contributed by atoms with E-state index >= 15 is 0 Å². The van der Waals surface area contributed by atoms with Crippen molar-refractivity contribution in [3.05, 3.63) is 35.5 Å². The molecule has 0 aromatic heterocycles. The molecule has 1 aromatic rings. The molecule has 2 aliphatic rings. The molecule has 0 bridgehead atoms. The van der Waals surface area contributed by atoms with Gasteiger partial charge in [0.1, 0.15) is 11.4 Å². The molecule has 2 heterocycles. The summed E-state index contributed by atoms with van der Waals surface area (Å²) in [5.74, 6) is -0.0960. The first-order valence-corrected chi connectivity index (χ1v) is 4.97. The first kappa shape index (κ1) is 9.23. The Hall–Kier alpha value is -2.01. The van der Waals surface area contributed by atoms with Crippen LogP contribution < -0.4 is 15.2 Å². The number of nitrogens with zero attached hydrogens (tertiary/aromatic N) is 1. The fraction of sp³-hybridized carbons (Fsp3) is 0.182. The van der Waals surface area contributed by atoms with Crippen molar-refractivity contribution in [1.82, 2.24) is 5.43 Å². The molecule has 0 aliphatic carbocycles. The Balaban J connectivity index is 2.13.